The van der Waals surface area contributed by atoms with Gasteiger partial charge in [0.1, 0.15) is 0 Å². The van der Waals surface area contributed by atoms with Crippen LogP contribution in [0.1, 0.15) is 18.9 Å². The largest absolute Gasteiger partial charge is 0.493 e. The summed E-state index contributed by atoms with van der Waals surface area (Å²) in [4.78, 5) is 0. The fraction of sp³-hybridized carbons (Fsp3) is 0.455. The van der Waals surface area contributed by atoms with Crippen LogP contribution in [0.25, 0.3) is 0 Å². The molecule has 80 valence electrons. The summed E-state index contributed by atoms with van der Waals surface area (Å²) in [6.07, 6.45) is 2.23. The Morgan fingerprint density at radius 2 is 1.71 bits per heavy atom. The van der Waals surface area contributed by atoms with E-state index < -0.39 is 0 Å². The first-order valence-electron chi connectivity index (χ1n) is 4.52. The van der Waals surface area contributed by atoms with Gasteiger partial charge in [0.05, 0.1) is 14.2 Å². The van der Waals surface area contributed by atoms with E-state index >= 15 is 0 Å². The summed E-state index contributed by atoms with van der Waals surface area (Å²) in [5, 5.41) is 0. The summed E-state index contributed by atoms with van der Waals surface area (Å²) in [5.74, 6) is 1.61. The number of hydrogen-bond donors (Lipinski definition) is 1. The first-order chi connectivity index (χ1) is 6.31. The predicted octanol–water partition coefficient (Wildman–Crippen LogP) is 2.82. The molecule has 0 aliphatic rings. The van der Waals surface area contributed by atoms with Crippen molar-refractivity contribution in [1.82, 2.24) is 6.15 Å². The smallest absolute Gasteiger partial charge is 0.160 e. The zero-order chi connectivity index (χ0) is 9.68. The minimum absolute atomic E-state index is 0. The van der Waals surface area contributed by atoms with Crippen LogP contribution in [0.2, 0.25) is 0 Å². The van der Waals surface area contributed by atoms with Crippen molar-refractivity contribution in [3.05, 3.63) is 23.8 Å². The average molecular weight is 197 g/mol. The van der Waals surface area contributed by atoms with E-state index in [0.29, 0.717) is 0 Å². The molecule has 0 atom stereocenters. The van der Waals surface area contributed by atoms with Crippen molar-refractivity contribution in [2.75, 3.05) is 14.2 Å². The first-order valence-corrected chi connectivity index (χ1v) is 4.52. The summed E-state index contributed by atoms with van der Waals surface area (Å²) < 4.78 is 10.3. The quantitative estimate of drug-likeness (QED) is 0.807. The Bertz CT molecular complexity index is 274. The van der Waals surface area contributed by atoms with Crippen molar-refractivity contribution in [2.24, 2.45) is 0 Å². The molecule has 0 bridgehead atoms. The topological polar surface area (TPSA) is 53.5 Å². The van der Waals surface area contributed by atoms with E-state index in [-0.39, 0.29) is 6.15 Å². The third kappa shape index (κ3) is 2.92. The molecule has 0 fully saturated rings. The molecule has 0 radical (unpaired) electrons. The van der Waals surface area contributed by atoms with E-state index in [2.05, 4.69) is 13.0 Å². The molecule has 1 aromatic carbocycles. The molecule has 3 N–H and O–H groups in total. The summed E-state index contributed by atoms with van der Waals surface area (Å²) in [6.45, 7) is 2.16. The Hall–Kier alpha value is -1.22. The molecule has 0 aromatic heterocycles. The third-order valence-corrected chi connectivity index (χ3v) is 1.99. The lowest BCUT2D eigenvalue weighted by molar-refractivity contribution is 0.354. The normalized spacial score (nSPS) is 9.07. The number of aryl methyl sites for hydroxylation is 1. The number of hydrogen-bond acceptors (Lipinski definition) is 3. The van der Waals surface area contributed by atoms with E-state index in [1.807, 2.05) is 12.1 Å². The van der Waals surface area contributed by atoms with E-state index in [1.54, 1.807) is 14.2 Å². The first kappa shape index (κ1) is 12.8. The molecule has 0 unspecified atom stereocenters. The van der Waals surface area contributed by atoms with Crippen LogP contribution in [0.5, 0.6) is 11.5 Å². The SMILES string of the molecule is CCCc1ccc(OC)c(OC)c1.N. The molecule has 0 aliphatic carbocycles. The van der Waals surface area contributed by atoms with E-state index in [1.165, 1.54) is 5.56 Å². The van der Waals surface area contributed by atoms with Gasteiger partial charge in [-0.15, -0.1) is 0 Å². The second kappa shape index (κ2) is 6.27. The van der Waals surface area contributed by atoms with Gasteiger partial charge in [0.2, 0.25) is 0 Å². The Labute approximate surface area is 85.6 Å². The molecule has 3 heteroatoms. The summed E-state index contributed by atoms with van der Waals surface area (Å²) in [7, 11) is 3.31. The van der Waals surface area contributed by atoms with Crippen LogP contribution in [0, 0.1) is 0 Å². The van der Waals surface area contributed by atoms with Crippen LogP contribution in [0.4, 0.5) is 0 Å². The number of methoxy groups -OCH3 is 2. The van der Waals surface area contributed by atoms with E-state index in [9.17, 15) is 0 Å². The zero-order valence-corrected chi connectivity index (χ0v) is 9.17. The minimum atomic E-state index is 0. The Kier molecular flexibility index (Phi) is 5.72. The van der Waals surface area contributed by atoms with Gasteiger partial charge in [-0.05, 0) is 24.1 Å². The molecule has 3 nitrogen and oxygen atoms in total. The molecule has 1 rings (SSSR count). The highest BCUT2D eigenvalue weighted by molar-refractivity contribution is 5.42. The fourth-order valence-corrected chi connectivity index (χ4v) is 1.32. The summed E-state index contributed by atoms with van der Waals surface area (Å²) >= 11 is 0. The molecular formula is C11H19NO2. The second-order valence-corrected chi connectivity index (χ2v) is 2.94. The molecule has 0 aliphatic heterocycles. The van der Waals surface area contributed by atoms with Crippen molar-refractivity contribution in [1.29, 1.82) is 0 Å². The zero-order valence-electron chi connectivity index (χ0n) is 9.17. The van der Waals surface area contributed by atoms with Gasteiger partial charge in [-0.2, -0.15) is 0 Å². The maximum atomic E-state index is 5.20. The molecule has 1 aromatic rings. The standard InChI is InChI=1S/C11H16O2.H3N/c1-4-5-9-6-7-10(12-2)11(8-9)13-3;/h6-8H,4-5H2,1-3H3;1H3. The van der Waals surface area contributed by atoms with Crippen LogP contribution >= 0.6 is 0 Å². The lowest BCUT2D eigenvalue weighted by atomic mass is 10.1. The molecule has 14 heavy (non-hydrogen) atoms. The molecule has 0 saturated carbocycles. The van der Waals surface area contributed by atoms with Crippen molar-refractivity contribution in [2.45, 2.75) is 19.8 Å². The Morgan fingerprint density at radius 1 is 1.07 bits per heavy atom. The van der Waals surface area contributed by atoms with Crippen molar-refractivity contribution in [3.63, 3.8) is 0 Å². The van der Waals surface area contributed by atoms with E-state index in [4.69, 9.17) is 9.47 Å². The predicted molar refractivity (Wildman–Crippen MR) is 58.6 cm³/mol. The fourth-order valence-electron chi connectivity index (χ4n) is 1.32. The molecule has 0 saturated heterocycles. The maximum Gasteiger partial charge on any atom is 0.160 e. The molecular weight excluding hydrogens is 178 g/mol. The van der Waals surface area contributed by atoms with Crippen molar-refractivity contribution < 1.29 is 9.47 Å². The van der Waals surface area contributed by atoms with Gasteiger partial charge in [-0.25, -0.2) is 0 Å². The number of benzene rings is 1. The highest BCUT2D eigenvalue weighted by Gasteiger charge is 2.02. The van der Waals surface area contributed by atoms with Crippen LogP contribution < -0.4 is 15.6 Å². The van der Waals surface area contributed by atoms with Gasteiger partial charge >= 0.3 is 0 Å². The number of rotatable bonds is 4. The van der Waals surface area contributed by atoms with Gasteiger partial charge in [0.25, 0.3) is 0 Å². The highest BCUT2D eigenvalue weighted by atomic mass is 16.5. The lowest BCUT2D eigenvalue weighted by Gasteiger charge is -2.08. The Morgan fingerprint density at radius 3 is 2.21 bits per heavy atom. The summed E-state index contributed by atoms with van der Waals surface area (Å²) in [5.41, 5.74) is 1.29. The van der Waals surface area contributed by atoms with Crippen molar-refractivity contribution in [3.8, 4) is 11.5 Å². The van der Waals surface area contributed by atoms with Crippen LogP contribution in [-0.2, 0) is 6.42 Å². The van der Waals surface area contributed by atoms with E-state index in [0.717, 1.165) is 24.3 Å². The second-order valence-electron chi connectivity index (χ2n) is 2.94. The van der Waals surface area contributed by atoms with Gasteiger partial charge in [-0.3, -0.25) is 0 Å². The van der Waals surface area contributed by atoms with Crippen LogP contribution in [-0.4, -0.2) is 14.2 Å². The molecule has 0 spiro atoms. The molecule has 0 amide bonds. The number of ether oxygens (including phenoxy) is 2. The maximum absolute atomic E-state index is 5.20. The summed E-state index contributed by atoms with van der Waals surface area (Å²) in [6, 6.07) is 6.05. The third-order valence-electron chi connectivity index (χ3n) is 1.99. The molecule has 0 heterocycles. The van der Waals surface area contributed by atoms with Gasteiger partial charge < -0.3 is 15.6 Å². The van der Waals surface area contributed by atoms with Crippen LogP contribution in [0.15, 0.2) is 18.2 Å². The monoisotopic (exact) mass is 197 g/mol. The van der Waals surface area contributed by atoms with Gasteiger partial charge in [0.15, 0.2) is 11.5 Å². The van der Waals surface area contributed by atoms with Gasteiger partial charge in [0, 0.05) is 0 Å². The average Bonchev–Trinajstić information content (AvgIpc) is 2.18. The minimum Gasteiger partial charge on any atom is -0.493 e. The highest BCUT2D eigenvalue weighted by Crippen LogP contribution is 2.27. The van der Waals surface area contributed by atoms with Crippen LogP contribution in [0.3, 0.4) is 0 Å². The Balaban J connectivity index is 0.00000169. The van der Waals surface area contributed by atoms with Crippen molar-refractivity contribution >= 4 is 0 Å². The lowest BCUT2D eigenvalue weighted by Crippen LogP contribution is -1.92. The van der Waals surface area contributed by atoms with Gasteiger partial charge in [-0.1, -0.05) is 19.4 Å².